The molecule has 0 fully saturated rings. The van der Waals surface area contributed by atoms with Crippen molar-refractivity contribution >= 4 is 33.3 Å². The van der Waals surface area contributed by atoms with Crippen LogP contribution < -0.4 is 15.5 Å². The monoisotopic (exact) mass is 406 g/mol. The van der Waals surface area contributed by atoms with Gasteiger partial charge in [0.05, 0.1) is 12.5 Å². The van der Waals surface area contributed by atoms with Gasteiger partial charge in [0.1, 0.15) is 11.3 Å². The Labute approximate surface area is 170 Å². The number of nitrogens with one attached hydrogen (secondary N) is 1. The molecule has 0 saturated heterocycles. The minimum Gasteiger partial charge on any atom is -0.497 e. The average Bonchev–Trinajstić information content (AvgIpc) is 3.15. The molecule has 0 aliphatic heterocycles. The van der Waals surface area contributed by atoms with E-state index in [4.69, 9.17) is 9.15 Å². The molecule has 6 nitrogen and oxygen atoms in total. The molecule has 0 aliphatic carbocycles. The first-order chi connectivity index (χ1) is 14.0. The van der Waals surface area contributed by atoms with Crippen LogP contribution in [0, 0.1) is 6.92 Å². The minimum absolute atomic E-state index is 0.0433. The van der Waals surface area contributed by atoms with Crippen LogP contribution in [0.15, 0.2) is 63.9 Å². The van der Waals surface area contributed by atoms with E-state index in [9.17, 15) is 9.59 Å². The number of ether oxygens (including phenoxy) is 1. The number of thiazole rings is 1. The molecule has 0 saturated carbocycles. The van der Waals surface area contributed by atoms with Crippen molar-refractivity contribution in [2.45, 2.75) is 13.3 Å². The second-order valence-corrected chi connectivity index (χ2v) is 7.70. The predicted molar refractivity (Wildman–Crippen MR) is 113 cm³/mol. The molecular formula is C22H18N2O4S. The molecule has 146 valence electrons. The Balaban J connectivity index is 1.49. The number of hydrogen-bond donors (Lipinski definition) is 1. The van der Waals surface area contributed by atoms with E-state index < -0.39 is 5.91 Å². The van der Waals surface area contributed by atoms with E-state index in [0.29, 0.717) is 22.5 Å². The SMILES string of the molecule is COc1ccc(Cc2cnc(NC(=O)c3cc(=O)c4cc(C)ccc4o3)s2)cc1. The lowest BCUT2D eigenvalue weighted by Gasteiger charge is -2.03. The van der Waals surface area contributed by atoms with Crippen LogP contribution in [0.1, 0.15) is 26.6 Å². The van der Waals surface area contributed by atoms with Gasteiger partial charge in [0, 0.05) is 23.6 Å². The van der Waals surface area contributed by atoms with Crippen LogP contribution in [0.3, 0.4) is 0 Å². The number of aromatic nitrogens is 1. The standard InChI is InChI=1S/C22H18N2O4S/c1-13-3-8-19-17(9-13)18(25)11-20(28-19)21(26)24-22-23-12-16(29-22)10-14-4-6-15(27-2)7-5-14/h3-9,11-12H,10H2,1-2H3,(H,23,24,26). The van der Waals surface area contributed by atoms with Crippen molar-refractivity contribution in [3.63, 3.8) is 0 Å². The summed E-state index contributed by atoms with van der Waals surface area (Å²) < 4.78 is 10.8. The minimum atomic E-state index is -0.505. The van der Waals surface area contributed by atoms with Gasteiger partial charge >= 0.3 is 0 Å². The molecule has 29 heavy (non-hydrogen) atoms. The summed E-state index contributed by atoms with van der Waals surface area (Å²) in [7, 11) is 1.63. The zero-order valence-electron chi connectivity index (χ0n) is 15.9. The van der Waals surface area contributed by atoms with Crippen molar-refractivity contribution in [2.75, 3.05) is 12.4 Å². The zero-order chi connectivity index (χ0) is 20.4. The van der Waals surface area contributed by atoms with Crippen LogP contribution in [0.5, 0.6) is 5.75 Å². The number of carbonyl (C=O) groups is 1. The van der Waals surface area contributed by atoms with Crippen LogP contribution in [0.25, 0.3) is 11.0 Å². The Kier molecular flexibility index (Phi) is 5.14. The van der Waals surface area contributed by atoms with Crippen molar-refractivity contribution < 1.29 is 13.9 Å². The van der Waals surface area contributed by atoms with Crippen molar-refractivity contribution in [3.8, 4) is 5.75 Å². The topological polar surface area (TPSA) is 81.4 Å². The molecule has 4 aromatic rings. The van der Waals surface area contributed by atoms with E-state index in [0.717, 1.165) is 21.8 Å². The van der Waals surface area contributed by atoms with Crippen LogP contribution in [0.4, 0.5) is 5.13 Å². The summed E-state index contributed by atoms with van der Waals surface area (Å²) in [6, 6.07) is 14.3. The molecule has 0 radical (unpaired) electrons. The summed E-state index contributed by atoms with van der Waals surface area (Å²) in [6.07, 6.45) is 2.42. The number of carbonyl (C=O) groups excluding carboxylic acids is 1. The fourth-order valence-electron chi connectivity index (χ4n) is 2.93. The first-order valence-corrected chi connectivity index (χ1v) is 9.77. The number of rotatable bonds is 5. The number of nitrogens with zero attached hydrogens (tertiary/aromatic N) is 1. The van der Waals surface area contributed by atoms with Crippen LogP contribution in [-0.4, -0.2) is 18.0 Å². The molecule has 0 spiro atoms. The van der Waals surface area contributed by atoms with Crippen LogP contribution in [0.2, 0.25) is 0 Å². The third-order valence-electron chi connectivity index (χ3n) is 4.42. The highest BCUT2D eigenvalue weighted by Gasteiger charge is 2.14. The maximum absolute atomic E-state index is 12.5. The summed E-state index contributed by atoms with van der Waals surface area (Å²) in [4.78, 5) is 30.1. The summed E-state index contributed by atoms with van der Waals surface area (Å²) >= 11 is 1.38. The van der Waals surface area contributed by atoms with Gasteiger partial charge in [0.25, 0.3) is 5.91 Å². The molecule has 0 bridgehead atoms. The van der Waals surface area contributed by atoms with Gasteiger partial charge in [-0.15, -0.1) is 11.3 Å². The van der Waals surface area contributed by atoms with Gasteiger partial charge in [0.2, 0.25) is 0 Å². The number of aryl methyl sites for hydroxylation is 1. The first kappa shape index (κ1) is 18.9. The van der Waals surface area contributed by atoms with Gasteiger partial charge < -0.3 is 9.15 Å². The molecule has 1 amide bonds. The largest absolute Gasteiger partial charge is 0.497 e. The van der Waals surface area contributed by atoms with Gasteiger partial charge in [-0.3, -0.25) is 14.9 Å². The highest BCUT2D eigenvalue weighted by molar-refractivity contribution is 7.15. The molecule has 2 aromatic carbocycles. The van der Waals surface area contributed by atoms with E-state index >= 15 is 0 Å². The van der Waals surface area contributed by atoms with Crippen molar-refractivity contribution in [1.82, 2.24) is 4.98 Å². The molecule has 2 heterocycles. The number of hydrogen-bond acceptors (Lipinski definition) is 6. The Morgan fingerprint density at radius 1 is 1.17 bits per heavy atom. The molecule has 0 atom stereocenters. The number of amides is 1. The van der Waals surface area contributed by atoms with Crippen molar-refractivity contribution in [2.24, 2.45) is 0 Å². The predicted octanol–water partition coefficient (Wildman–Crippen LogP) is 4.41. The van der Waals surface area contributed by atoms with Crippen LogP contribution in [-0.2, 0) is 6.42 Å². The lowest BCUT2D eigenvalue weighted by Crippen LogP contribution is -2.14. The molecule has 4 rings (SSSR count). The first-order valence-electron chi connectivity index (χ1n) is 8.95. The number of fused-ring (bicyclic) bond motifs is 1. The number of anilines is 1. The molecule has 2 aromatic heterocycles. The van der Waals surface area contributed by atoms with Crippen molar-refractivity contribution in [1.29, 1.82) is 0 Å². The quantitative estimate of drug-likeness (QED) is 0.531. The summed E-state index contributed by atoms with van der Waals surface area (Å²) in [5.41, 5.74) is 2.20. The lowest BCUT2D eigenvalue weighted by molar-refractivity contribution is 0.0997. The smallest absolute Gasteiger partial charge is 0.293 e. The molecular weight excluding hydrogens is 388 g/mol. The zero-order valence-corrected chi connectivity index (χ0v) is 16.7. The highest BCUT2D eigenvalue weighted by atomic mass is 32.1. The average molecular weight is 406 g/mol. The third-order valence-corrected chi connectivity index (χ3v) is 5.33. The Hall–Kier alpha value is -3.45. The maximum Gasteiger partial charge on any atom is 0.293 e. The summed E-state index contributed by atoms with van der Waals surface area (Å²) in [5, 5.41) is 3.61. The maximum atomic E-state index is 12.5. The Bertz CT molecular complexity index is 1240. The van der Waals surface area contributed by atoms with E-state index in [1.807, 2.05) is 37.3 Å². The summed E-state index contributed by atoms with van der Waals surface area (Å²) in [5.74, 6) is 0.256. The number of methoxy groups -OCH3 is 1. The third kappa shape index (κ3) is 4.20. The van der Waals surface area contributed by atoms with Crippen LogP contribution >= 0.6 is 11.3 Å². The Morgan fingerprint density at radius 3 is 2.72 bits per heavy atom. The van der Waals surface area contributed by atoms with Crippen molar-refractivity contribution in [3.05, 3.63) is 86.7 Å². The van der Waals surface area contributed by atoms with Gasteiger partial charge in [-0.2, -0.15) is 0 Å². The summed E-state index contributed by atoms with van der Waals surface area (Å²) in [6.45, 7) is 1.89. The van der Waals surface area contributed by atoms with Gasteiger partial charge in [0.15, 0.2) is 16.3 Å². The molecule has 7 heteroatoms. The molecule has 0 unspecified atom stereocenters. The van der Waals surface area contributed by atoms with Gasteiger partial charge in [-0.05, 0) is 36.8 Å². The second kappa shape index (κ2) is 7.89. The fourth-order valence-corrected chi connectivity index (χ4v) is 3.77. The lowest BCUT2D eigenvalue weighted by atomic mass is 10.1. The van der Waals surface area contributed by atoms with Gasteiger partial charge in [-0.1, -0.05) is 23.8 Å². The van der Waals surface area contributed by atoms with E-state index in [1.54, 1.807) is 25.4 Å². The normalized spacial score (nSPS) is 10.8. The Morgan fingerprint density at radius 2 is 1.97 bits per heavy atom. The molecule has 0 aliphatic rings. The van der Waals surface area contributed by atoms with E-state index in [-0.39, 0.29) is 11.2 Å². The van der Waals surface area contributed by atoms with Gasteiger partial charge in [-0.25, -0.2) is 4.98 Å². The second-order valence-electron chi connectivity index (χ2n) is 6.59. The number of benzene rings is 2. The van der Waals surface area contributed by atoms with E-state index in [1.165, 1.54) is 17.4 Å². The molecule has 1 N–H and O–H groups in total. The van der Waals surface area contributed by atoms with E-state index in [2.05, 4.69) is 10.3 Å². The highest BCUT2D eigenvalue weighted by Crippen LogP contribution is 2.23. The fraction of sp³-hybridized carbons (Fsp3) is 0.136.